The van der Waals surface area contributed by atoms with Crippen molar-refractivity contribution in [2.45, 2.75) is 6.54 Å². The Kier molecular flexibility index (Phi) is 6.53. The van der Waals surface area contributed by atoms with E-state index in [1.165, 1.54) is 19.2 Å². The second-order valence-electron chi connectivity index (χ2n) is 4.79. The van der Waals surface area contributed by atoms with Crippen molar-refractivity contribution in [3.05, 3.63) is 52.3 Å². The number of methoxy groups -OCH3 is 1. The van der Waals surface area contributed by atoms with Crippen molar-refractivity contribution >= 4 is 33.3 Å². The number of carbonyl (C=O) groups is 1. The van der Waals surface area contributed by atoms with Gasteiger partial charge in [0.1, 0.15) is 11.6 Å². The molecule has 0 saturated carbocycles. The Morgan fingerprint density at radius 2 is 1.96 bits per heavy atom. The molecule has 0 atom stereocenters. The normalized spacial score (nSPS) is 10.3. The van der Waals surface area contributed by atoms with Crippen molar-refractivity contribution < 1.29 is 18.7 Å². The average molecular weight is 398 g/mol. The van der Waals surface area contributed by atoms with Gasteiger partial charge in [-0.15, -0.1) is 0 Å². The third kappa shape index (κ3) is 4.92. The van der Waals surface area contributed by atoms with Crippen LogP contribution in [0.2, 0.25) is 0 Å². The lowest BCUT2D eigenvalue weighted by Crippen LogP contribution is -2.21. The average Bonchev–Trinajstić information content (AvgIpc) is 2.57. The van der Waals surface area contributed by atoms with Crippen LogP contribution in [0.1, 0.15) is 5.56 Å². The van der Waals surface area contributed by atoms with E-state index in [9.17, 15) is 9.18 Å². The van der Waals surface area contributed by atoms with Crippen molar-refractivity contribution in [3.63, 3.8) is 0 Å². The fraction of sp³-hybridized carbons (Fsp3) is 0.188. The molecule has 0 spiro atoms. The second-order valence-corrected chi connectivity index (χ2v) is 5.70. The maximum absolute atomic E-state index is 13.8. The van der Waals surface area contributed by atoms with Crippen LogP contribution in [0.5, 0.6) is 5.75 Å². The van der Waals surface area contributed by atoms with Gasteiger partial charge >= 0.3 is 6.03 Å². The summed E-state index contributed by atoms with van der Waals surface area (Å²) >= 11 is 3.32. The first-order valence-corrected chi connectivity index (χ1v) is 7.80. The van der Waals surface area contributed by atoms with Crippen LogP contribution >= 0.6 is 15.9 Å². The molecule has 6 nitrogen and oxygen atoms in total. The molecule has 0 aliphatic heterocycles. The predicted molar refractivity (Wildman–Crippen MR) is 93.6 cm³/mol. The van der Waals surface area contributed by atoms with Gasteiger partial charge in [-0.2, -0.15) is 0 Å². The fourth-order valence-electron chi connectivity index (χ4n) is 1.91. The standard InChI is InChI=1S/C16H17BrFN3O3/c1-23-9-24-15-7-11(17)3-5-13(15)20-16(22)21-14-6-10(8-19)2-4-12(14)18/h2-7H,8-9,19H2,1H3,(H2,20,21,22). The third-order valence-corrected chi connectivity index (χ3v) is 3.53. The monoisotopic (exact) mass is 397 g/mol. The van der Waals surface area contributed by atoms with Crippen molar-refractivity contribution in [2.24, 2.45) is 5.73 Å². The van der Waals surface area contributed by atoms with Gasteiger partial charge in [0.15, 0.2) is 6.79 Å². The van der Waals surface area contributed by atoms with Gasteiger partial charge in [-0.05, 0) is 35.9 Å². The molecule has 2 aromatic carbocycles. The van der Waals surface area contributed by atoms with E-state index >= 15 is 0 Å². The van der Waals surface area contributed by atoms with E-state index in [1.54, 1.807) is 24.3 Å². The summed E-state index contributed by atoms with van der Waals surface area (Å²) < 4.78 is 24.8. The highest BCUT2D eigenvalue weighted by molar-refractivity contribution is 9.10. The van der Waals surface area contributed by atoms with Crippen molar-refractivity contribution in [1.82, 2.24) is 0 Å². The second kappa shape index (κ2) is 8.62. The summed E-state index contributed by atoms with van der Waals surface area (Å²) in [5, 5.41) is 5.06. The summed E-state index contributed by atoms with van der Waals surface area (Å²) in [5.41, 5.74) is 6.70. The number of hydrogen-bond acceptors (Lipinski definition) is 4. The summed E-state index contributed by atoms with van der Waals surface area (Å²) in [7, 11) is 1.49. The van der Waals surface area contributed by atoms with Gasteiger partial charge < -0.3 is 25.8 Å². The molecule has 4 N–H and O–H groups in total. The number of hydrogen-bond donors (Lipinski definition) is 3. The topological polar surface area (TPSA) is 85.6 Å². The van der Waals surface area contributed by atoms with Crippen molar-refractivity contribution in [3.8, 4) is 5.75 Å². The van der Waals surface area contributed by atoms with Crippen LogP contribution in [-0.2, 0) is 11.3 Å². The Bertz CT molecular complexity index is 728. The summed E-state index contributed by atoms with van der Waals surface area (Å²) in [6, 6.07) is 8.77. The summed E-state index contributed by atoms with van der Waals surface area (Å²) in [6.45, 7) is 0.276. The molecule has 0 fully saturated rings. The minimum atomic E-state index is -0.604. The fourth-order valence-corrected chi connectivity index (χ4v) is 2.25. The van der Waals surface area contributed by atoms with E-state index < -0.39 is 11.8 Å². The van der Waals surface area contributed by atoms with Crippen LogP contribution in [0.15, 0.2) is 40.9 Å². The molecule has 0 radical (unpaired) electrons. The van der Waals surface area contributed by atoms with Gasteiger partial charge in [0, 0.05) is 18.1 Å². The molecule has 128 valence electrons. The Hall–Kier alpha value is -2.16. The van der Waals surface area contributed by atoms with E-state index in [2.05, 4.69) is 26.6 Å². The number of halogens is 2. The minimum absolute atomic E-state index is 0.0277. The molecule has 2 amide bonds. The molecule has 0 unspecified atom stereocenters. The number of nitrogens with two attached hydrogens (primary N) is 1. The molecule has 0 heterocycles. The highest BCUT2D eigenvalue weighted by Crippen LogP contribution is 2.28. The Balaban J connectivity index is 2.12. The number of rotatable bonds is 6. The van der Waals surface area contributed by atoms with E-state index in [0.29, 0.717) is 17.0 Å². The Morgan fingerprint density at radius 1 is 1.21 bits per heavy atom. The maximum Gasteiger partial charge on any atom is 0.323 e. The quantitative estimate of drug-likeness (QED) is 0.649. The zero-order valence-corrected chi connectivity index (χ0v) is 14.5. The summed E-state index contributed by atoms with van der Waals surface area (Å²) in [5.74, 6) is -0.133. The van der Waals surface area contributed by atoms with E-state index in [-0.39, 0.29) is 19.0 Å². The van der Waals surface area contributed by atoms with E-state index in [1.807, 2.05) is 0 Å². The first kappa shape index (κ1) is 18.2. The zero-order valence-electron chi connectivity index (χ0n) is 12.9. The Morgan fingerprint density at radius 3 is 2.67 bits per heavy atom. The van der Waals surface area contributed by atoms with Gasteiger partial charge in [-0.25, -0.2) is 9.18 Å². The highest BCUT2D eigenvalue weighted by atomic mass is 79.9. The number of ether oxygens (including phenoxy) is 2. The molecule has 0 aliphatic carbocycles. The molecular weight excluding hydrogens is 381 g/mol. The van der Waals surface area contributed by atoms with Gasteiger partial charge in [0.2, 0.25) is 0 Å². The Labute approximate surface area is 147 Å². The lowest BCUT2D eigenvalue weighted by atomic mass is 10.2. The van der Waals surface area contributed by atoms with Gasteiger partial charge in [-0.1, -0.05) is 22.0 Å². The number of anilines is 2. The number of amides is 2. The molecule has 0 aromatic heterocycles. The first-order valence-electron chi connectivity index (χ1n) is 7.01. The number of nitrogens with one attached hydrogen (secondary N) is 2. The van der Waals surface area contributed by atoms with Gasteiger partial charge in [0.25, 0.3) is 0 Å². The number of benzene rings is 2. The lowest BCUT2D eigenvalue weighted by Gasteiger charge is -2.13. The number of carbonyl (C=O) groups excluding carboxylic acids is 1. The van der Waals surface area contributed by atoms with Crippen LogP contribution in [-0.4, -0.2) is 19.9 Å². The van der Waals surface area contributed by atoms with Gasteiger partial charge in [-0.3, -0.25) is 0 Å². The zero-order chi connectivity index (χ0) is 17.5. The van der Waals surface area contributed by atoms with E-state index in [4.69, 9.17) is 15.2 Å². The summed E-state index contributed by atoms with van der Waals surface area (Å²) in [6.07, 6.45) is 0. The minimum Gasteiger partial charge on any atom is -0.465 e. The smallest absolute Gasteiger partial charge is 0.323 e. The summed E-state index contributed by atoms with van der Waals surface area (Å²) in [4.78, 5) is 12.1. The highest BCUT2D eigenvalue weighted by Gasteiger charge is 2.11. The van der Waals surface area contributed by atoms with Gasteiger partial charge in [0.05, 0.1) is 11.4 Å². The van der Waals surface area contributed by atoms with Crippen molar-refractivity contribution in [2.75, 3.05) is 24.5 Å². The maximum atomic E-state index is 13.8. The first-order chi connectivity index (χ1) is 11.5. The predicted octanol–water partition coefficient (Wildman–Crippen LogP) is 3.67. The number of urea groups is 1. The van der Waals surface area contributed by atoms with Crippen LogP contribution < -0.4 is 21.1 Å². The molecule has 2 rings (SSSR count). The molecular formula is C16H17BrFN3O3. The largest absolute Gasteiger partial charge is 0.465 e. The van der Waals surface area contributed by atoms with Crippen LogP contribution in [0.25, 0.3) is 0 Å². The molecule has 24 heavy (non-hydrogen) atoms. The van der Waals surface area contributed by atoms with E-state index in [0.717, 1.165) is 4.47 Å². The van der Waals surface area contributed by atoms with Crippen molar-refractivity contribution in [1.29, 1.82) is 0 Å². The van der Waals surface area contributed by atoms with Crippen LogP contribution in [0.4, 0.5) is 20.6 Å². The SMILES string of the molecule is COCOc1cc(Br)ccc1NC(=O)Nc1cc(CN)ccc1F. The molecule has 0 saturated heterocycles. The van der Waals surface area contributed by atoms with Crippen LogP contribution in [0, 0.1) is 5.82 Å². The molecule has 8 heteroatoms. The third-order valence-electron chi connectivity index (χ3n) is 3.04. The molecule has 0 bridgehead atoms. The molecule has 2 aromatic rings. The lowest BCUT2D eigenvalue weighted by molar-refractivity contribution is 0.0516. The molecule has 0 aliphatic rings. The van der Waals surface area contributed by atoms with Crippen LogP contribution in [0.3, 0.4) is 0 Å².